The van der Waals surface area contributed by atoms with Crippen molar-refractivity contribution in [2.75, 3.05) is 14.1 Å². The zero-order chi connectivity index (χ0) is 14.8. The molecule has 0 saturated heterocycles. The number of hydrogen-bond donors (Lipinski definition) is 1. The first kappa shape index (κ1) is 15.1. The van der Waals surface area contributed by atoms with Gasteiger partial charge in [0.1, 0.15) is 0 Å². The molecule has 1 aliphatic carbocycles. The zero-order valence-corrected chi connectivity index (χ0v) is 12.6. The number of furan rings is 1. The van der Waals surface area contributed by atoms with E-state index in [0.717, 1.165) is 25.7 Å². The summed E-state index contributed by atoms with van der Waals surface area (Å²) in [5.74, 6) is -0.207. The van der Waals surface area contributed by atoms with Crippen LogP contribution in [0, 0.1) is 0 Å². The molecule has 1 saturated carbocycles. The molecule has 0 aliphatic heterocycles. The van der Waals surface area contributed by atoms with Gasteiger partial charge in [-0.15, -0.1) is 0 Å². The van der Waals surface area contributed by atoms with Crippen molar-refractivity contribution in [1.29, 1.82) is 0 Å². The Bertz CT molecular complexity index is 573. The average molecular weight is 300 g/mol. The minimum atomic E-state index is -3.65. The highest BCUT2D eigenvalue weighted by atomic mass is 32.2. The highest BCUT2D eigenvalue weighted by Crippen LogP contribution is 2.23. The fraction of sp³-hybridized carbons (Fsp3) is 0.615. The van der Waals surface area contributed by atoms with E-state index in [2.05, 4.69) is 4.72 Å². The number of carbonyl (C=O) groups is 1. The second kappa shape index (κ2) is 5.97. The maximum absolute atomic E-state index is 12.3. The first-order chi connectivity index (χ1) is 9.45. The van der Waals surface area contributed by atoms with Gasteiger partial charge >= 0.3 is 0 Å². The number of nitrogens with one attached hydrogen (secondary N) is 1. The Kier molecular flexibility index (Phi) is 4.49. The lowest BCUT2D eigenvalue weighted by Gasteiger charge is -2.30. The number of amides is 1. The Morgan fingerprint density at radius 1 is 1.30 bits per heavy atom. The molecule has 1 amide bonds. The third kappa shape index (κ3) is 3.04. The molecule has 1 aliphatic rings. The fourth-order valence-electron chi connectivity index (χ4n) is 2.49. The van der Waals surface area contributed by atoms with Crippen molar-refractivity contribution in [1.82, 2.24) is 9.62 Å². The standard InChI is InChI=1S/C13H20N2O4S/c1-14-20(17,18)12-9-8-11(19-12)13(16)15(2)10-6-4-3-5-7-10/h8-10,14H,3-7H2,1-2H3. The minimum Gasteiger partial charge on any atom is -0.438 e. The Morgan fingerprint density at radius 3 is 2.55 bits per heavy atom. The van der Waals surface area contributed by atoms with E-state index < -0.39 is 10.0 Å². The number of hydrogen-bond acceptors (Lipinski definition) is 4. The van der Waals surface area contributed by atoms with E-state index in [9.17, 15) is 13.2 Å². The second-order valence-electron chi connectivity index (χ2n) is 5.03. The van der Waals surface area contributed by atoms with Crippen LogP contribution in [-0.4, -0.2) is 39.4 Å². The van der Waals surface area contributed by atoms with Gasteiger partial charge in [-0.05, 0) is 32.0 Å². The van der Waals surface area contributed by atoms with Crippen LogP contribution in [-0.2, 0) is 10.0 Å². The molecule has 0 unspecified atom stereocenters. The van der Waals surface area contributed by atoms with Gasteiger partial charge in [0.25, 0.3) is 15.9 Å². The molecule has 0 atom stereocenters. The largest absolute Gasteiger partial charge is 0.438 e. The van der Waals surface area contributed by atoms with E-state index in [0.29, 0.717) is 0 Å². The molecule has 7 heteroatoms. The summed E-state index contributed by atoms with van der Waals surface area (Å²) >= 11 is 0. The molecule has 0 bridgehead atoms. The lowest BCUT2D eigenvalue weighted by Crippen LogP contribution is -2.38. The zero-order valence-electron chi connectivity index (χ0n) is 11.8. The first-order valence-corrected chi connectivity index (χ1v) is 8.24. The Hall–Kier alpha value is -1.34. The molecule has 1 aromatic heterocycles. The number of sulfonamides is 1. The third-order valence-corrected chi connectivity index (χ3v) is 5.06. The molecule has 6 nitrogen and oxygen atoms in total. The van der Waals surface area contributed by atoms with Gasteiger partial charge in [-0.25, -0.2) is 13.1 Å². The predicted octanol–water partition coefficient (Wildman–Crippen LogP) is 1.59. The van der Waals surface area contributed by atoms with E-state index in [-0.39, 0.29) is 22.8 Å². The van der Waals surface area contributed by atoms with E-state index in [1.54, 1.807) is 11.9 Å². The Balaban J connectivity index is 2.13. The van der Waals surface area contributed by atoms with Crippen molar-refractivity contribution in [2.24, 2.45) is 0 Å². The lowest BCUT2D eigenvalue weighted by molar-refractivity contribution is 0.0658. The van der Waals surface area contributed by atoms with Crippen LogP contribution in [0.3, 0.4) is 0 Å². The van der Waals surface area contributed by atoms with Crippen LogP contribution in [0.5, 0.6) is 0 Å². The van der Waals surface area contributed by atoms with Crippen molar-refractivity contribution < 1.29 is 17.6 Å². The topological polar surface area (TPSA) is 79.6 Å². The quantitative estimate of drug-likeness (QED) is 0.916. The van der Waals surface area contributed by atoms with Crippen molar-refractivity contribution >= 4 is 15.9 Å². The minimum absolute atomic E-state index is 0.0619. The monoisotopic (exact) mass is 300 g/mol. The van der Waals surface area contributed by atoms with Gasteiger partial charge < -0.3 is 9.32 Å². The van der Waals surface area contributed by atoms with Gasteiger partial charge in [0.2, 0.25) is 5.09 Å². The Labute approximate surface area is 119 Å². The fourth-order valence-corrected chi connectivity index (χ4v) is 3.14. The summed E-state index contributed by atoms with van der Waals surface area (Å²) in [5, 5.41) is -0.236. The van der Waals surface area contributed by atoms with E-state index in [4.69, 9.17) is 4.42 Å². The predicted molar refractivity (Wildman–Crippen MR) is 73.9 cm³/mol. The summed E-state index contributed by atoms with van der Waals surface area (Å²) in [6.07, 6.45) is 5.44. The van der Waals surface area contributed by atoms with Crippen LogP contribution >= 0.6 is 0 Å². The summed E-state index contributed by atoms with van der Waals surface area (Å²) in [6.45, 7) is 0. The van der Waals surface area contributed by atoms with Crippen molar-refractivity contribution in [3.63, 3.8) is 0 Å². The molecule has 20 heavy (non-hydrogen) atoms. The van der Waals surface area contributed by atoms with Crippen LogP contribution in [0.4, 0.5) is 0 Å². The van der Waals surface area contributed by atoms with Crippen LogP contribution in [0.15, 0.2) is 21.6 Å². The average Bonchev–Trinajstić information content (AvgIpc) is 2.97. The summed E-state index contributed by atoms with van der Waals surface area (Å²) < 4.78 is 30.5. The van der Waals surface area contributed by atoms with Crippen LogP contribution in [0.2, 0.25) is 0 Å². The smallest absolute Gasteiger partial charge is 0.289 e. The molecule has 112 valence electrons. The molecule has 0 radical (unpaired) electrons. The maximum atomic E-state index is 12.3. The van der Waals surface area contributed by atoms with Crippen molar-refractivity contribution in [3.05, 3.63) is 17.9 Å². The third-order valence-electron chi connectivity index (χ3n) is 3.77. The lowest BCUT2D eigenvalue weighted by atomic mass is 9.94. The molecular weight excluding hydrogens is 280 g/mol. The van der Waals surface area contributed by atoms with Crippen LogP contribution in [0.25, 0.3) is 0 Å². The van der Waals surface area contributed by atoms with E-state index in [1.165, 1.54) is 25.6 Å². The Morgan fingerprint density at radius 2 is 1.95 bits per heavy atom. The molecule has 2 rings (SSSR count). The van der Waals surface area contributed by atoms with Crippen LogP contribution < -0.4 is 4.72 Å². The van der Waals surface area contributed by atoms with Gasteiger partial charge in [-0.2, -0.15) is 0 Å². The van der Waals surface area contributed by atoms with Gasteiger partial charge in [-0.3, -0.25) is 4.79 Å². The summed E-state index contributed by atoms with van der Waals surface area (Å²) in [5.41, 5.74) is 0. The summed E-state index contributed by atoms with van der Waals surface area (Å²) in [4.78, 5) is 13.9. The van der Waals surface area contributed by atoms with E-state index >= 15 is 0 Å². The number of carbonyl (C=O) groups excluding carboxylic acids is 1. The van der Waals surface area contributed by atoms with Gasteiger partial charge in [-0.1, -0.05) is 19.3 Å². The SMILES string of the molecule is CNS(=O)(=O)c1ccc(C(=O)N(C)C2CCCCC2)o1. The molecule has 1 N–H and O–H groups in total. The second-order valence-corrected chi connectivity index (χ2v) is 6.85. The molecule has 0 aromatic carbocycles. The summed E-state index contributed by atoms with van der Waals surface area (Å²) in [6, 6.07) is 2.92. The van der Waals surface area contributed by atoms with E-state index in [1.807, 2.05) is 0 Å². The number of rotatable bonds is 4. The van der Waals surface area contributed by atoms with Crippen LogP contribution in [0.1, 0.15) is 42.7 Å². The van der Waals surface area contributed by atoms with Gasteiger partial charge in [0.05, 0.1) is 0 Å². The van der Waals surface area contributed by atoms with Gasteiger partial charge in [0.15, 0.2) is 5.76 Å². The molecular formula is C13H20N2O4S. The summed E-state index contributed by atoms with van der Waals surface area (Å²) in [7, 11) is -0.607. The highest BCUT2D eigenvalue weighted by Gasteiger charge is 2.26. The molecule has 1 heterocycles. The molecule has 1 aromatic rings. The molecule has 1 fully saturated rings. The van der Waals surface area contributed by atoms with Crippen molar-refractivity contribution in [3.8, 4) is 0 Å². The maximum Gasteiger partial charge on any atom is 0.289 e. The van der Waals surface area contributed by atoms with Gasteiger partial charge in [0, 0.05) is 13.1 Å². The molecule has 0 spiro atoms. The normalized spacial score (nSPS) is 17.1. The first-order valence-electron chi connectivity index (χ1n) is 6.76. The highest BCUT2D eigenvalue weighted by molar-refractivity contribution is 7.89. The van der Waals surface area contributed by atoms with Crippen molar-refractivity contribution in [2.45, 2.75) is 43.2 Å². The number of nitrogens with zero attached hydrogens (tertiary/aromatic N) is 1.